The lowest BCUT2D eigenvalue weighted by Crippen LogP contribution is -2.36. The van der Waals surface area contributed by atoms with E-state index in [0.29, 0.717) is 36.7 Å². The molecule has 2 aliphatic rings. The first-order valence-corrected chi connectivity index (χ1v) is 6.35. The third-order valence-electron chi connectivity index (χ3n) is 3.39. The van der Waals surface area contributed by atoms with E-state index in [4.69, 9.17) is 4.74 Å². The van der Waals surface area contributed by atoms with Crippen LogP contribution in [0.3, 0.4) is 0 Å². The molecule has 0 radical (unpaired) electrons. The van der Waals surface area contributed by atoms with Crippen molar-refractivity contribution in [3.63, 3.8) is 0 Å². The molecule has 0 spiro atoms. The van der Waals surface area contributed by atoms with Crippen molar-refractivity contribution in [3.05, 3.63) is 28.7 Å². The van der Waals surface area contributed by atoms with Gasteiger partial charge in [-0.05, 0) is 30.9 Å². The molecule has 6 nitrogen and oxygen atoms in total. The number of aromatic nitrogens is 1. The van der Waals surface area contributed by atoms with Crippen LogP contribution in [0, 0.1) is 0 Å². The van der Waals surface area contributed by atoms with Gasteiger partial charge in [0.25, 0.3) is 5.91 Å². The molecular weight excluding hydrogens is 282 g/mol. The quantitative estimate of drug-likeness (QED) is 0.720. The number of esters is 1. The monoisotopic (exact) mass is 297 g/mol. The van der Waals surface area contributed by atoms with Crippen molar-refractivity contribution in [3.8, 4) is 0 Å². The number of rotatable bonds is 2. The minimum Gasteiger partial charge on any atom is -0.461 e. The maximum absolute atomic E-state index is 11.8. The average Bonchev–Trinajstić information content (AvgIpc) is 2.80. The number of hydrogen-bond donors (Lipinski definition) is 3. The zero-order valence-corrected chi connectivity index (χ0v) is 11.9. The Hall–Kier alpha value is -1.95. The number of H-pyrrole nitrogens is 1. The lowest BCUT2D eigenvalue weighted by Gasteiger charge is -2.26. The highest BCUT2D eigenvalue weighted by molar-refractivity contribution is 6.02. The molecule has 0 saturated carbocycles. The second kappa shape index (κ2) is 5.58. The molecule has 0 aliphatic carbocycles. The first-order chi connectivity index (χ1) is 9.20. The number of halogens is 1. The second-order valence-corrected chi connectivity index (χ2v) is 4.57. The molecule has 1 aromatic rings. The zero-order valence-electron chi connectivity index (χ0n) is 11.0. The summed E-state index contributed by atoms with van der Waals surface area (Å²) in [6.07, 6.45) is 3.33. The summed E-state index contributed by atoms with van der Waals surface area (Å²) in [5.41, 5.74) is 3.70. The van der Waals surface area contributed by atoms with E-state index >= 15 is 0 Å². The molecule has 0 unspecified atom stereocenters. The maximum Gasteiger partial charge on any atom is 0.356 e. The van der Waals surface area contributed by atoms with E-state index in [1.165, 1.54) is 0 Å². The Bertz CT molecular complexity index is 592. The molecule has 2 aliphatic heterocycles. The highest BCUT2D eigenvalue weighted by Crippen LogP contribution is 2.33. The lowest BCUT2D eigenvalue weighted by molar-refractivity contribution is -0.117. The summed E-state index contributed by atoms with van der Waals surface area (Å²) in [5, 5.41) is 5.86. The Labute approximate surface area is 122 Å². The van der Waals surface area contributed by atoms with Crippen molar-refractivity contribution in [1.82, 2.24) is 10.3 Å². The third kappa shape index (κ3) is 2.27. The van der Waals surface area contributed by atoms with Crippen LogP contribution in [0.4, 0.5) is 5.69 Å². The fourth-order valence-electron chi connectivity index (χ4n) is 2.49. The summed E-state index contributed by atoms with van der Waals surface area (Å²) in [6, 6.07) is 0. The summed E-state index contributed by atoms with van der Waals surface area (Å²) in [5.74, 6) is -0.514. The van der Waals surface area contributed by atoms with E-state index < -0.39 is 5.97 Å². The van der Waals surface area contributed by atoms with Crippen molar-refractivity contribution in [2.24, 2.45) is 0 Å². The van der Waals surface area contributed by atoms with Crippen LogP contribution in [0.1, 0.15) is 29.4 Å². The average molecular weight is 298 g/mol. The van der Waals surface area contributed by atoms with Gasteiger partial charge in [-0.3, -0.25) is 4.79 Å². The molecule has 0 bridgehead atoms. The number of nitrogens with one attached hydrogen (secondary N) is 3. The highest BCUT2D eigenvalue weighted by atomic mass is 35.5. The van der Waals surface area contributed by atoms with E-state index in [0.717, 1.165) is 17.6 Å². The molecule has 108 valence electrons. The molecule has 0 atom stereocenters. The lowest BCUT2D eigenvalue weighted by atomic mass is 9.94. The predicted octanol–water partition coefficient (Wildman–Crippen LogP) is 1.36. The van der Waals surface area contributed by atoms with Gasteiger partial charge in [0.15, 0.2) is 0 Å². The standard InChI is InChI=1S/C13H15N3O3.ClH/c1-2-19-13(18)11-9-8(6-15-11)5-7-3-4-14-12(17)10(7)16-9;/h6,15-16H,2-5H2,1H3,(H,14,17);1H. The van der Waals surface area contributed by atoms with Crippen molar-refractivity contribution in [2.75, 3.05) is 18.5 Å². The molecule has 3 rings (SSSR count). The number of fused-ring (bicyclic) bond motifs is 1. The smallest absolute Gasteiger partial charge is 0.356 e. The van der Waals surface area contributed by atoms with E-state index in [-0.39, 0.29) is 18.3 Å². The fourth-order valence-corrected chi connectivity index (χ4v) is 2.49. The topological polar surface area (TPSA) is 83.2 Å². The van der Waals surface area contributed by atoms with Gasteiger partial charge >= 0.3 is 5.97 Å². The molecule has 1 amide bonds. The third-order valence-corrected chi connectivity index (χ3v) is 3.39. The van der Waals surface area contributed by atoms with Gasteiger partial charge in [0, 0.05) is 12.7 Å². The van der Waals surface area contributed by atoms with Crippen LogP contribution < -0.4 is 10.6 Å². The summed E-state index contributed by atoms with van der Waals surface area (Å²) in [4.78, 5) is 26.5. The van der Waals surface area contributed by atoms with Crippen LogP contribution >= 0.6 is 12.4 Å². The minimum atomic E-state index is -0.406. The number of carbonyl (C=O) groups is 2. The van der Waals surface area contributed by atoms with Gasteiger partial charge in [-0.15, -0.1) is 12.4 Å². The number of aromatic amines is 1. The second-order valence-electron chi connectivity index (χ2n) is 4.57. The van der Waals surface area contributed by atoms with Gasteiger partial charge in [-0.25, -0.2) is 4.79 Å². The minimum absolute atomic E-state index is 0. The first kappa shape index (κ1) is 14.5. The summed E-state index contributed by atoms with van der Waals surface area (Å²) >= 11 is 0. The van der Waals surface area contributed by atoms with Crippen LogP contribution in [0.15, 0.2) is 17.5 Å². The number of carbonyl (C=O) groups excluding carboxylic acids is 2. The molecule has 0 saturated heterocycles. The Morgan fingerprint density at radius 3 is 3.00 bits per heavy atom. The summed E-state index contributed by atoms with van der Waals surface area (Å²) in [7, 11) is 0. The maximum atomic E-state index is 11.8. The van der Waals surface area contributed by atoms with Crippen molar-refractivity contribution >= 4 is 30.0 Å². The number of ether oxygens (including phenoxy) is 1. The van der Waals surface area contributed by atoms with E-state index in [1.807, 2.05) is 0 Å². The first-order valence-electron chi connectivity index (χ1n) is 6.35. The Morgan fingerprint density at radius 2 is 2.25 bits per heavy atom. The molecule has 0 aromatic carbocycles. The van der Waals surface area contributed by atoms with Crippen LogP contribution in [0.2, 0.25) is 0 Å². The van der Waals surface area contributed by atoms with Gasteiger partial charge in [-0.2, -0.15) is 0 Å². The SMILES string of the molecule is CCOC(=O)c1[nH]cc2c1NC1=C(CCNC1=O)C2.Cl. The van der Waals surface area contributed by atoms with Crippen LogP contribution in [0.5, 0.6) is 0 Å². The van der Waals surface area contributed by atoms with Crippen LogP contribution in [0.25, 0.3) is 0 Å². The summed E-state index contributed by atoms with van der Waals surface area (Å²) in [6.45, 7) is 2.75. The largest absolute Gasteiger partial charge is 0.461 e. The number of anilines is 1. The predicted molar refractivity (Wildman–Crippen MR) is 76.0 cm³/mol. The van der Waals surface area contributed by atoms with Crippen LogP contribution in [-0.4, -0.2) is 30.0 Å². The van der Waals surface area contributed by atoms with Crippen LogP contribution in [-0.2, 0) is 16.0 Å². The van der Waals surface area contributed by atoms with Gasteiger partial charge in [0.2, 0.25) is 0 Å². The van der Waals surface area contributed by atoms with Gasteiger partial charge in [-0.1, -0.05) is 0 Å². The number of amides is 1. The summed E-state index contributed by atoms with van der Waals surface area (Å²) < 4.78 is 4.99. The van der Waals surface area contributed by atoms with E-state index in [9.17, 15) is 9.59 Å². The molecular formula is C13H16ClN3O3. The highest BCUT2D eigenvalue weighted by Gasteiger charge is 2.29. The normalized spacial score (nSPS) is 16.4. The van der Waals surface area contributed by atoms with Crippen molar-refractivity contribution in [1.29, 1.82) is 0 Å². The van der Waals surface area contributed by atoms with Crippen molar-refractivity contribution < 1.29 is 14.3 Å². The van der Waals surface area contributed by atoms with E-state index in [1.54, 1.807) is 13.1 Å². The fraction of sp³-hybridized carbons (Fsp3) is 0.385. The molecule has 3 N–H and O–H groups in total. The Morgan fingerprint density at radius 1 is 1.45 bits per heavy atom. The molecule has 1 aromatic heterocycles. The zero-order chi connectivity index (χ0) is 13.4. The van der Waals surface area contributed by atoms with Crippen molar-refractivity contribution in [2.45, 2.75) is 19.8 Å². The molecule has 20 heavy (non-hydrogen) atoms. The molecule has 3 heterocycles. The Balaban J connectivity index is 0.00000147. The number of hydrogen-bond acceptors (Lipinski definition) is 4. The Kier molecular flexibility index (Phi) is 4.04. The molecule has 7 heteroatoms. The van der Waals surface area contributed by atoms with Gasteiger partial charge in [0.1, 0.15) is 11.4 Å². The molecule has 0 fully saturated rings. The van der Waals surface area contributed by atoms with E-state index in [2.05, 4.69) is 15.6 Å². The van der Waals surface area contributed by atoms with Gasteiger partial charge < -0.3 is 20.4 Å². The van der Waals surface area contributed by atoms with Gasteiger partial charge in [0.05, 0.1) is 12.3 Å².